The van der Waals surface area contributed by atoms with E-state index in [4.69, 9.17) is 4.74 Å². The zero-order valence-electron chi connectivity index (χ0n) is 12.7. The topological polar surface area (TPSA) is 50.4 Å². The Bertz CT molecular complexity index is 708. The van der Waals surface area contributed by atoms with Gasteiger partial charge in [0.25, 0.3) is 0 Å². The van der Waals surface area contributed by atoms with Gasteiger partial charge in [-0.3, -0.25) is 0 Å². The molecule has 4 nitrogen and oxygen atoms in total. The summed E-state index contributed by atoms with van der Waals surface area (Å²) in [6.45, 7) is 0. The van der Waals surface area contributed by atoms with Crippen LogP contribution in [-0.2, 0) is 6.18 Å². The molecule has 2 aromatic carbocycles. The molecule has 0 aliphatic carbocycles. The fraction of sp³-hybridized carbons (Fsp3) is 0.118. The molecular formula is C17H15F3N2O2. The van der Waals surface area contributed by atoms with Gasteiger partial charge in [-0.2, -0.15) is 13.2 Å². The van der Waals surface area contributed by atoms with Crippen LogP contribution in [0.25, 0.3) is 6.08 Å². The maximum Gasteiger partial charge on any atom is 0.416 e. The standard InChI is InChI=1S/C17H15F3N2O2/c1-24-15-8-2-12(3-9-15)10-11-21-16(23)22-14-6-4-13(5-7-14)17(18,19)20/h2-11H,1H3,(H2,21,22,23)/b11-10+. The predicted molar refractivity (Wildman–Crippen MR) is 85.6 cm³/mol. The average Bonchev–Trinajstić information content (AvgIpc) is 2.55. The van der Waals surface area contributed by atoms with Gasteiger partial charge >= 0.3 is 12.2 Å². The lowest BCUT2D eigenvalue weighted by Gasteiger charge is -2.08. The van der Waals surface area contributed by atoms with Crippen LogP contribution in [0.15, 0.2) is 54.7 Å². The first-order valence-electron chi connectivity index (χ1n) is 6.94. The summed E-state index contributed by atoms with van der Waals surface area (Å²) in [5.41, 5.74) is 0.344. The number of nitrogens with one attached hydrogen (secondary N) is 2. The minimum atomic E-state index is -4.40. The SMILES string of the molecule is COc1ccc(/C=C/NC(=O)Nc2ccc(C(F)(F)F)cc2)cc1. The highest BCUT2D eigenvalue weighted by Crippen LogP contribution is 2.29. The first-order chi connectivity index (χ1) is 11.4. The van der Waals surface area contributed by atoms with Crippen molar-refractivity contribution in [2.75, 3.05) is 12.4 Å². The second kappa shape index (κ2) is 7.54. The lowest BCUT2D eigenvalue weighted by atomic mass is 10.2. The van der Waals surface area contributed by atoms with Crippen molar-refractivity contribution < 1.29 is 22.7 Å². The highest BCUT2D eigenvalue weighted by molar-refractivity contribution is 5.90. The minimum absolute atomic E-state index is 0.262. The number of hydrogen-bond donors (Lipinski definition) is 2. The number of methoxy groups -OCH3 is 1. The van der Waals surface area contributed by atoms with Gasteiger partial charge in [-0.25, -0.2) is 4.79 Å². The molecule has 2 rings (SSSR count). The summed E-state index contributed by atoms with van der Waals surface area (Å²) in [5.74, 6) is 0.722. The van der Waals surface area contributed by atoms with Crippen LogP contribution in [0.4, 0.5) is 23.7 Å². The number of urea groups is 1. The highest BCUT2D eigenvalue weighted by Gasteiger charge is 2.29. The molecule has 0 aliphatic heterocycles. The van der Waals surface area contributed by atoms with E-state index in [-0.39, 0.29) is 5.69 Å². The number of rotatable bonds is 4. The fourth-order valence-corrected chi connectivity index (χ4v) is 1.84. The second-order valence-electron chi connectivity index (χ2n) is 4.78. The Balaban J connectivity index is 1.87. The lowest BCUT2D eigenvalue weighted by Crippen LogP contribution is -2.23. The number of ether oxygens (including phenoxy) is 1. The molecule has 0 radical (unpaired) electrons. The number of halogens is 3. The van der Waals surface area contributed by atoms with Gasteiger partial charge in [0, 0.05) is 11.9 Å². The van der Waals surface area contributed by atoms with Gasteiger partial charge < -0.3 is 15.4 Å². The summed E-state index contributed by atoms with van der Waals surface area (Å²) in [5, 5.41) is 4.91. The van der Waals surface area contributed by atoms with E-state index in [2.05, 4.69) is 10.6 Å². The molecule has 0 unspecified atom stereocenters. The van der Waals surface area contributed by atoms with E-state index >= 15 is 0 Å². The third-order valence-corrected chi connectivity index (χ3v) is 3.08. The van der Waals surface area contributed by atoms with Crippen molar-refractivity contribution in [3.05, 3.63) is 65.9 Å². The maximum atomic E-state index is 12.4. The van der Waals surface area contributed by atoms with E-state index in [9.17, 15) is 18.0 Å². The first-order valence-corrected chi connectivity index (χ1v) is 6.94. The molecule has 0 aliphatic rings. The van der Waals surface area contributed by atoms with Gasteiger partial charge in [0.2, 0.25) is 0 Å². The van der Waals surface area contributed by atoms with Crippen LogP contribution in [0.1, 0.15) is 11.1 Å². The number of carbonyl (C=O) groups excluding carboxylic acids is 1. The van der Waals surface area contributed by atoms with Crippen molar-refractivity contribution in [1.29, 1.82) is 0 Å². The zero-order chi connectivity index (χ0) is 17.6. The monoisotopic (exact) mass is 336 g/mol. The molecule has 2 amide bonds. The molecular weight excluding hydrogens is 321 g/mol. The number of carbonyl (C=O) groups is 1. The molecule has 0 aromatic heterocycles. The van der Waals surface area contributed by atoms with E-state index in [0.29, 0.717) is 0 Å². The zero-order valence-corrected chi connectivity index (χ0v) is 12.7. The van der Waals surface area contributed by atoms with Crippen molar-refractivity contribution in [1.82, 2.24) is 5.32 Å². The van der Waals surface area contributed by atoms with Crippen LogP contribution in [-0.4, -0.2) is 13.1 Å². The van der Waals surface area contributed by atoms with Crippen molar-refractivity contribution in [2.45, 2.75) is 6.18 Å². The molecule has 126 valence electrons. The van der Waals surface area contributed by atoms with Crippen LogP contribution < -0.4 is 15.4 Å². The van der Waals surface area contributed by atoms with Crippen LogP contribution >= 0.6 is 0 Å². The fourth-order valence-electron chi connectivity index (χ4n) is 1.84. The number of hydrogen-bond acceptors (Lipinski definition) is 2. The summed E-state index contributed by atoms with van der Waals surface area (Å²) < 4.78 is 42.4. The van der Waals surface area contributed by atoms with Gasteiger partial charge in [0.1, 0.15) is 5.75 Å². The van der Waals surface area contributed by atoms with Gasteiger partial charge in [-0.1, -0.05) is 12.1 Å². The van der Waals surface area contributed by atoms with E-state index in [1.54, 1.807) is 25.3 Å². The van der Waals surface area contributed by atoms with Gasteiger partial charge in [0.15, 0.2) is 0 Å². The maximum absolute atomic E-state index is 12.4. The Hall–Kier alpha value is -2.96. The predicted octanol–water partition coefficient (Wildman–Crippen LogP) is 4.51. The van der Waals surface area contributed by atoms with Crippen LogP contribution in [0.5, 0.6) is 5.75 Å². The van der Waals surface area contributed by atoms with Gasteiger partial charge in [-0.05, 0) is 48.0 Å². The first kappa shape index (κ1) is 17.4. The Morgan fingerprint density at radius 2 is 1.67 bits per heavy atom. The third-order valence-electron chi connectivity index (χ3n) is 3.08. The summed E-state index contributed by atoms with van der Waals surface area (Å²) in [6.07, 6.45) is -1.30. The highest BCUT2D eigenvalue weighted by atomic mass is 19.4. The summed E-state index contributed by atoms with van der Waals surface area (Å²) in [6, 6.07) is 10.8. The van der Waals surface area contributed by atoms with Crippen molar-refractivity contribution in [3.63, 3.8) is 0 Å². The molecule has 0 heterocycles. The molecule has 2 N–H and O–H groups in total. The number of alkyl halides is 3. The van der Waals surface area contributed by atoms with Crippen molar-refractivity contribution >= 4 is 17.8 Å². The van der Waals surface area contributed by atoms with E-state index in [1.807, 2.05) is 12.1 Å². The van der Waals surface area contributed by atoms with Crippen molar-refractivity contribution in [3.8, 4) is 5.75 Å². The molecule has 0 fully saturated rings. The quantitative estimate of drug-likeness (QED) is 0.863. The Kier molecular flexibility index (Phi) is 5.47. The normalized spacial score (nSPS) is 11.3. The molecule has 0 saturated heterocycles. The van der Waals surface area contributed by atoms with Crippen LogP contribution in [0.2, 0.25) is 0 Å². The molecule has 0 spiro atoms. The smallest absolute Gasteiger partial charge is 0.416 e. The molecule has 24 heavy (non-hydrogen) atoms. The second-order valence-corrected chi connectivity index (χ2v) is 4.78. The third kappa shape index (κ3) is 5.05. The molecule has 0 bridgehead atoms. The van der Waals surface area contributed by atoms with Crippen LogP contribution in [0.3, 0.4) is 0 Å². The molecule has 0 saturated carbocycles. The summed E-state index contributed by atoms with van der Waals surface area (Å²) in [4.78, 5) is 11.7. The van der Waals surface area contributed by atoms with Gasteiger partial charge in [0.05, 0.1) is 12.7 Å². The van der Waals surface area contributed by atoms with Gasteiger partial charge in [-0.15, -0.1) is 0 Å². The Morgan fingerprint density at radius 3 is 2.21 bits per heavy atom. The largest absolute Gasteiger partial charge is 0.497 e. The van der Waals surface area contributed by atoms with E-state index < -0.39 is 17.8 Å². The van der Waals surface area contributed by atoms with E-state index in [0.717, 1.165) is 23.4 Å². The lowest BCUT2D eigenvalue weighted by molar-refractivity contribution is -0.137. The summed E-state index contributed by atoms with van der Waals surface area (Å²) in [7, 11) is 1.57. The molecule has 2 aromatic rings. The Morgan fingerprint density at radius 1 is 1.04 bits per heavy atom. The summed E-state index contributed by atoms with van der Waals surface area (Å²) >= 11 is 0. The van der Waals surface area contributed by atoms with E-state index in [1.165, 1.54) is 18.3 Å². The van der Waals surface area contributed by atoms with Crippen LogP contribution in [0, 0.1) is 0 Å². The number of benzene rings is 2. The minimum Gasteiger partial charge on any atom is -0.497 e. The Labute approximate surface area is 136 Å². The molecule has 7 heteroatoms. The molecule has 0 atom stereocenters. The average molecular weight is 336 g/mol. The number of anilines is 1. The number of amides is 2. The van der Waals surface area contributed by atoms with Crippen molar-refractivity contribution in [2.24, 2.45) is 0 Å².